The van der Waals surface area contributed by atoms with Crippen LogP contribution in [0, 0.1) is 13.8 Å². The Hall–Kier alpha value is -3.12. The molecule has 6 nitrogen and oxygen atoms in total. The molecule has 164 valence electrons. The molecule has 0 unspecified atom stereocenters. The quantitative estimate of drug-likeness (QED) is 0.610. The molecule has 0 radical (unpaired) electrons. The number of anilines is 1. The summed E-state index contributed by atoms with van der Waals surface area (Å²) in [6.07, 6.45) is 0.0234. The fourth-order valence-electron chi connectivity index (χ4n) is 3.60. The van der Waals surface area contributed by atoms with Gasteiger partial charge >= 0.3 is 0 Å². The van der Waals surface area contributed by atoms with Crippen molar-refractivity contribution >= 4 is 23.1 Å². The number of carbonyl (C=O) groups is 2. The normalized spacial score (nSPS) is 14.1. The fraction of sp³-hybridized carbons (Fsp3) is 0.360. The van der Waals surface area contributed by atoms with Gasteiger partial charge in [0.05, 0.1) is 37.1 Å². The molecule has 0 spiro atoms. The second kappa shape index (κ2) is 9.79. The first-order valence-electron chi connectivity index (χ1n) is 10.6. The average molecular weight is 423 g/mol. The lowest BCUT2D eigenvalue weighted by atomic mass is 9.97. The monoisotopic (exact) mass is 422 g/mol. The standard InChI is InChI=1S/C25H30N2O4/c1-6-30-21-10-8-7-9-20(21)26-23-22(19-12-11-17(4)15-18(19)5)24(28)27(25(23)29)13-14-31-16(2)3/h7-12,15-16,26H,6,13-14H2,1-5H3. The van der Waals surface area contributed by atoms with Crippen molar-refractivity contribution in [2.45, 2.75) is 40.7 Å². The maximum absolute atomic E-state index is 13.4. The van der Waals surface area contributed by atoms with E-state index in [9.17, 15) is 9.59 Å². The maximum atomic E-state index is 13.4. The Morgan fingerprint density at radius 1 is 1.03 bits per heavy atom. The third kappa shape index (κ3) is 4.97. The third-order valence-electron chi connectivity index (χ3n) is 5.03. The van der Waals surface area contributed by atoms with Crippen molar-refractivity contribution in [3.8, 4) is 5.75 Å². The van der Waals surface area contributed by atoms with Crippen molar-refractivity contribution in [2.75, 3.05) is 25.1 Å². The van der Waals surface area contributed by atoms with Gasteiger partial charge in [0.15, 0.2) is 0 Å². The van der Waals surface area contributed by atoms with Crippen LogP contribution in [0.3, 0.4) is 0 Å². The molecule has 1 heterocycles. The van der Waals surface area contributed by atoms with E-state index in [0.29, 0.717) is 23.6 Å². The molecule has 2 amide bonds. The number of ether oxygens (including phenoxy) is 2. The van der Waals surface area contributed by atoms with E-state index in [0.717, 1.165) is 16.7 Å². The number of imide groups is 1. The van der Waals surface area contributed by atoms with Crippen LogP contribution >= 0.6 is 0 Å². The Kier molecular flexibility index (Phi) is 7.13. The second-order valence-corrected chi connectivity index (χ2v) is 7.80. The van der Waals surface area contributed by atoms with Gasteiger partial charge in [0.25, 0.3) is 11.8 Å². The predicted octanol–water partition coefficient (Wildman–Crippen LogP) is 4.32. The van der Waals surface area contributed by atoms with Crippen LogP contribution in [0.25, 0.3) is 5.57 Å². The Bertz CT molecular complexity index is 1010. The minimum absolute atomic E-state index is 0.0234. The van der Waals surface area contributed by atoms with E-state index in [4.69, 9.17) is 9.47 Å². The molecule has 2 aromatic carbocycles. The van der Waals surface area contributed by atoms with Crippen LogP contribution < -0.4 is 10.1 Å². The SMILES string of the molecule is CCOc1ccccc1NC1=C(c2ccc(C)cc2C)C(=O)N(CCOC(C)C)C1=O. The van der Waals surface area contributed by atoms with E-state index in [1.807, 2.05) is 77.1 Å². The highest BCUT2D eigenvalue weighted by molar-refractivity contribution is 6.36. The molecule has 31 heavy (non-hydrogen) atoms. The molecule has 2 aromatic rings. The van der Waals surface area contributed by atoms with Gasteiger partial charge in [-0.05, 0) is 57.9 Å². The topological polar surface area (TPSA) is 67.9 Å². The van der Waals surface area contributed by atoms with E-state index < -0.39 is 0 Å². The predicted molar refractivity (Wildman–Crippen MR) is 122 cm³/mol. The van der Waals surface area contributed by atoms with Crippen LogP contribution in [0.1, 0.15) is 37.5 Å². The zero-order valence-corrected chi connectivity index (χ0v) is 18.8. The van der Waals surface area contributed by atoms with Gasteiger partial charge in [0.1, 0.15) is 11.4 Å². The first kappa shape index (κ1) is 22.6. The molecule has 0 aliphatic carbocycles. The van der Waals surface area contributed by atoms with Crippen LogP contribution in [0.4, 0.5) is 5.69 Å². The number of hydrogen-bond donors (Lipinski definition) is 1. The molecule has 3 rings (SSSR count). The lowest BCUT2D eigenvalue weighted by molar-refractivity contribution is -0.137. The van der Waals surface area contributed by atoms with Gasteiger partial charge in [-0.2, -0.15) is 0 Å². The second-order valence-electron chi connectivity index (χ2n) is 7.80. The van der Waals surface area contributed by atoms with E-state index >= 15 is 0 Å². The molecule has 1 N–H and O–H groups in total. The molecule has 0 atom stereocenters. The van der Waals surface area contributed by atoms with Crippen molar-refractivity contribution < 1.29 is 19.1 Å². The lowest BCUT2D eigenvalue weighted by Gasteiger charge is -2.17. The zero-order chi connectivity index (χ0) is 22.5. The highest BCUT2D eigenvalue weighted by atomic mass is 16.5. The summed E-state index contributed by atoms with van der Waals surface area (Å²) in [5, 5.41) is 3.20. The number of nitrogens with zero attached hydrogens (tertiary/aromatic N) is 1. The molecular weight excluding hydrogens is 392 g/mol. The molecule has 0 saturated carbocycles. The number of hydrogen-bond acceptors (Lipinski definition) is 5. The summed E-state index contributed by atoms with van der Waals surface area (Å²) >= 11 is 0. The van der Waals surface area contributed by atoms with Crippen molar-refractivity contribution in [3.05, 3.63) is 64.9 Å². The van der Waals surface area contributed by atoms with E-state index in [1.165, 1.54) is 4.90 Å². The number of nitrogens with one attached hydrogen (secondary N) is 1. The number of aryl methyl sites for hydroxylation is 2. The van der Waals surface area contributed by atoms with Crippen LogP contribution in [0.2, 0.25) is 0 Å². The van der Waals surface area contributed by atoms with Crippen LogP contribution in [-0.2, 0) is 14.3 Å². The molecule has 0 bridgehead atoms. The van der Waals surface area contributed by atoms with Gasteiger partial charge in [-0.15, -0.1) is 0 Å². The van der Waals surface area contributed by atoms with Crippen molar-refractivity contribution in [1.29, 1.82) is 0 Å². The summed E-state index contributed by atoms with van der Waals surface area (Å²) in [5.74, 6) is -0.0568. The number of carbonyl (C=O) groups excluding carboxylic acids is 2. The Labute approximate surface area is 183 Å². The summed E-state index contributed by atoms with van der Waals surface area (Å²) in [6, 6.07) is 13.2. The summed E-state index contributed by atoms with van der Waals surface area (Å²) in [6.45, 7) is 10.7. The summed E-state index contributed by atoms with van der Waals surface area (Å²) in [7, 11) is 0. The summed E-state index contributed by atoms with van der Waals surface area (Å²) < 4.78 is 11.3. The van der Waals surface area contributed by atoms with E-state index in [-0.39, 0.29) is 36.8 Å². The smallest absolute Gasteiger partial charge is 0.278 e. The molecule has 0 aromatic heterocycles. The lowest BCUT2D eigenvalue weighted by Crippen LogP contribution is -2.35. The van der Waals surface area contributed by atoms with E-state index in [2.05, 4.69) is 5.32 Å². The van der Waals surface area contributed by atoms with Gasteiger partial charge in [0.2, 0.25) is 0 Å². The van der Waals surface area contributed by atoms with Gasteiger partial charge in [-0.1, -0.05) is 35.9 Å². The number of para-hydroxylation sites is 2. The zero-order valence-electron chi connectivity index (χ0n) is 18.8. The number of rotatable bonds is 9. The van der Waals surface area contributed by atoms with Crippen LogP contribution in [0.15, 0.2) is 48.2 Å². The fourth-order valence-corrected chi connectivity index (χ4v) is 3.60. The molecular formula is C25H30N2O4. The van der Waals surface area contributed by atoms with Crippen LogP contribution in [-0.4, -0.2) is 42.6 Å². The Morgan fingerprint density at radius 3 is 2.45 bits per heavy atom. The molecule has 0 fully saturated rings. The van der Waals surface area contributed by atoms with Gasteiger partial charge < -0.3 is 14.8 Å². The number of benzene rings is 2. The van der Waals surface area contributed by atoms with Crippen LogP contribution in [0.5, 0.6) is 5.75 Å². The molecule has 1 aliphatic heterocycles. The van der Waals surface area contributed by atoms with Gasteiger partial charge in [-0.25, -0.2) is 0 Å². The minimum atomic E-state index is -0.362. The summed E-state index contributed by atoms with van der Waals surface area (Å²) in [4.78, 5) is 27.9. The average Bonchev–Trinajstić information content (AvgIpc) is 2.94. The third-order valence-corrected chi connectivity index (χ3v) is 5.03. The van der Waals surface area contributed by atoms with E-state index in [1.54, 1.807) is 0 Å². The first-order valence-corrected chi connectivity index (χ1v) is 10.6. The van der Waals surface area contributed by atoms with Gasteiger partial charge in [-0.3, -0.25) is 14.5 Å². The Morgan fingerprint density at radius 2 is 1.77 bits per heavy atom. The highest BCUT2D eigenvalue weighted by Gasteiger charge is 2.39. The molecule has 1 aliphatic rings. The van der Waals surface area contributed by atoms with Gasteiger partial charge in [0, 0.05) is 0 Å². The molecule has 6 heteroatoms. The first-order chi connectivity index (χ1) is 14.8. The number of amides is 2. The Balaban J connectivity index is 2.03. The maximum Gasteiger partial charge on any atom is 0.278 e. The largest absolute Gasteiger partial charge is 0.492 e. The van der Waals surface area contributed by atoms with Crippen molar-refractivity contribution in [2.24, 2.45) is 0 Å². The molecule has 0 saturated heterocycles. The minimum Gasteiger partial charge on any atom is -0.492 e. The van der Waals surface area contributed by atoms with Crippen molar-refractivity contribution in [3.63, 3.8) is 0 Å². The summed E-state index contributed by atoms with van der Waals surface area (Å²) in [5.41, 5.74) is 4.05. The highest BCUT2D eigenvalue weighted by Crippen LogP contribution is 2.34. The van der Waals surface area contributed by atoms with Crippen molar-refractivity contribution in [1.82, 2.24) is 4.90 Å².